The highest BCUT2D eigenvalue weighted by atomic mass is 16.3. The number of allylic oxidation sites excluding steroid dienone is 2. The van der Waals surface area contributed by atoms with Crippen molar-refractivity contribution in [1.82, 2.24) is 5.32 Å². The maximum atomic E-state index is 12.4. The number of amides is 1. The van der Waals surface area contributed by atoms with E-state index in [9.17, 15) is 20.1 Å². The molecule has 5 heteroatoms. The van der Waals surface area contributed by atoms with Crippen LogP contribution in [0, 0.1) is 0 Å². The molecule has 0 radical (unpaired) electrons. The van der Waals surface area contributed by atoms with Crippen molar-refractivity contribution in [2.24, 2.45) is 0 Å². The lowest BCUT2D eigenvalue weighted by molar-refractivity contribution is -0.125. The molecule has 5 nitrogen and oxygen atoms in total. The smallest absolute Gasteiger partial charge is 0.222 e. The number of carbonyl (C=O) groups excluding carboxylic acids is 1. The molecule has 0 aliphatic heterocycles. The summed E-state index contributed by atoms with van der Waals surface area (Å²) in [7, 11) is 0. The lowest BCUT2D eigenvalue weighted by Gasteiger charge is -2.23. The van der Waals surface area contributed by atoms with Gasteiger partial charge in [-0.25, -0.2) is 0 Å². The van der Waals surface area contributed by atoms with E-state index in [0.29, 0.717) is 12.8 Å². The van der Waals surface area contributed by atoms with E-state index in [0.717, 1.165) is 38.5 Å². The highest BCUT2D eigenvalue weighted by Gasteiger charge is 2.21. The first kappa shape index (κ1) is 47.1. The first-order valence-electron chi connectivity index (χ1n) is 21.5. The lowest BCUT2D eigenvalue weighted by atomic mass is 10.0. The summed E-state index contributed by atoms with van der Waals surface area (Å²) in [6.07, 6.45) is 44.6. The van der Waals surface area contributed by atoms with Gasteiger partial charge in [0.05, 0.1) is 31.3 Å². The van der Waals surface area contributed by atoms with Gasteiger partial charge in [0.2, 0.25) is 5.91 Å². The molecule has 1 amide bonds. The second-order valence-corrected chi connectivity index (χ2v) is 15.0. The Labute approximate surface area is 299 Å². The predicted octanol–water partition coefficient (Wildman–Crippen LogP) is 12.0. The fourth-order valence-electron chi connectivity index (χ4n) is 6.75. The Kier molecular flexibility index (Phi) is 38.1. The molecular weight excluding hydrogens is 594 g/mol. The van der Waals surface area contributed by atoms with Crippen LogP contribution in [-0.2, 0) is 4.79 Å². The summed E-state index contributed by atoms with van der Waals surface area (Å²) in [6, 6.07) is -0.659. The molecular formula is C43H85NO4. The third-order valence-electron chi connectivity index (χ3n) is 10.1. The van der Waals surface area contributed by atoms with Crippen LogP contribution in [0.4, 0.5) is 0 Å². The Hall–Kier alpha value is -0.910. The SMILES string of the molecule is CCCCCCCCC/C=C\CCCCCC(O)CC(=O)NC(CO)C(O)CCCCCCCCCCCCCCCCCCCCC. The van der Waals surface area contributed by atoms with E-state index in [4.69, 9.17) is 0 Å². The number of unbranched alkanes of at least 4 members (excludes halogenated alkanes) is 28. The van der Waals surface area contributed by atoms with Crippen molar-refractivity contribution in [3.63, 3.8) is 0 Å². The molecule has 0 spiro atoms. The molecule has 4 N–H and O–H groups in total. The summed E-state index contributed by atoms with van der Waals surface area (Å²) in [5, 5.41) is 33.3. The Morgan fingerprint density at radius 1 is 0.500 bits per heavy atom. The first-order chi connectivity index (χ1) is 23.5. The molecule has 3 atom stereocenters. The monoisotopic (exact) mass is 680 g/mol. The Bertz CT molecular complexity index is 669. The normalized spacial score (nSPS) is 13.7. The molecule has 286 valence electrons. The zero-order valence-electron chi connectivity index (χ0n) is 32.4. The largest absolute Gasteiger partial charge is 0.394 e. The van der Waals surface area contributed by atoms with Crippen molar-refractivity contribution in [1.29, 1.82) is 0 Å². The van der Waals surface area contributed by atoms with Gasteiger partial charge in [0.15, 0.2) is 0 Å². The molecule has 0 aliphatic carbocycles. The summed E-state index contributed by atoms with van der Waals surface area (Å²) < 4.78 is 0. The number of carbonyl (C=O) groups is 1. The Morgan fingerprint density at radius 2 is 0.833 bits per heavy atom. The van der Waals surface area contributed by atoms with E-state index in [2.05, 4.69) is 31.3 Å². The number of aliphatic hydroxyl groups excluding tert-OH is 3. The predicted molar refractivity (Wildman–Crippen MR) is 208 cm³/mol. The van der Waals surface area contributed by atoms with Crippen LogP contribution in [0.15, 0.2) is 12.2 Å². The molecule has 0 fully saturated rings. The minimum absolute atomic E-state index is 0.0286. The molecule has 3 unspecified atom stereocenters. The van der Waals surface area contributed by atoms with Crippen molar-refractivity contribution in [3.05, 3.63) is 12.2 Å². The van der Waals surface area contributed by atoms with Gasteiger partial charge in [0.1, 0.15) is 0 Å². The molecule has 48 heavy (non-hydrogen) atoms. The molecule has 0 aromatic heterocycles. The first-order valence-corrected chi connectivity index (χ1v) is 21.5. The summed E-state index contributed by atoms with van der Waals surface area (Å²) in [5.74, 6) is -0.290. The minimum Gasteiger partial charge on any atom is -0.394 e. The van der Waals surface area contributed by atoms with E-state index in [1.807, 2.05) is 0 Å². The van der Waals surface area contributed by atoms with Crippen LogP contribution in [0.25, 0.3) is 0 Å². The van der Waals surface area contributed by atoms with Crippen molar-refractivity contribution >= 4 is 5.91 Å². The number of aliphatic hydroxyl groups is 3. The topological polar surface area (TPSA) is 89.8 Å². The molecule has 0 rings (SSSR count). The fraction of sp³-hybridized carbons (Fsp3) is 0.930. The molecule has 0 aromatic carbocycles. The molecule has 0 aromatic rings. The summed E-state index contributed by atoms with van der Waals surface area (Å²) in [6.45, 7) is 4.26. The number of rotatable bonds is 39. The van der Waals surface area contributed by atoms with Crippen LogP contribution in [0.1, 0.15) is 232 Å². The van der Waals surface area contributed by atoms with Crippen LogP contribution < -0.4 is 5.32 Å². The molecule has 0 aliphatic rings. The van der Waals surface area contributed by atoms with Gasteiger partial charge < -0.3 is 20.6 Å². The molecule has 0 saturated carbocycles. The van der Waals surface area contributed by atoms with Crippen molar-refractivity contribution in [2.45, 2.75) is 250 Å². The van der Waals surface area contributed by atoms with Gasteiger partial charge in [0.25, 0.3) is 0 Å². The van der Waals surface area contributed by atoms with Crippen LogP contribution >= 0.6 is 0 Å². The Morgan fingerprint density at radius 3 is 1.23 bits per heavy atom. The second-order valence-electron chi connectivity index (χ2n) is 15.0. The Balaban J connectivity index is 3.62. The van der Waals surface area contributed by atoms with Crippen LogP contribution in [0.5, 0.6) is 0 Å². The summed E-state index contributed by atoms with van der Waals surface area (Å²) >= 11 is 0. The maximum Gasteiger partial charge on any atom is 0.222 e. The van der Waals surface area contributed by atoms with Gasteiger partial charge in [-0.05, 0) is 38.5 Å². The number of hydrogen-bond acceptors (Lipinski definition) is 4. The summed E-state index contributed by atoms with van der Waals surface area (Å²) in [4.78, 5) is 12.4. The number of hydrogen-bond donors (Lipinski definition) is 4. The van der Waals surface area contributed by atoms with E-state index in [-0.39, 0.29) is 18.9 Å². The molecule has 0 saturated heterocycles. The van der Waals surface area contributed by atoms with E-state index >= 15 is 0 Å². The van der Waals surface area contributed by atoms with Crippen LogP contribution in [0.2, 0.25) is 0 Å². The standard InChI is InChI=1S/C43H85NO4/c1-3-5-7-9-11-13-15-17-19-20-21-22-23-25-27-29-31-33-35-37-42(47)41(39-45)44-43(48)38-40(46)36-34-32-30-28-26-24-18-16-14-12-10-8-6-4-2/h24,26,40-42,45-47H,3-23,25,27-39H2,1-2H3,(H,44,48)/b26-24-. The third-order valence-corrected chi connectivity index (χ3v) is 10.1. The maximum absolute atomic E-state index is 12.4. The van der Waals surface area contributed by atoms with Gasteiger partial charge in [0, 0.05) is 0 Å². The molecule has 0 heterocycles. The van der Waals surface area contributed by atoms with Gasteiger partial charge in [-0.3, -0.25) is 4.79 Å². The quantitative estimate of drug-likeness (QED) is 0.0384. The van der Waals surface area contributed by atoms with Gasteiger partial charge in [-0.15, -0.1) is 0 Å². The third kappa shape index (κ3) is 34.9. The zero-order chi connectivity index (χ0) is 35.2. The van der Waals surface area contributed by atoms with Crippen LogP contribution in [-0.4, -0.2) is 46.1 Å². The second kappa shape index (κ2) is 38.9. The average Bonchev–Trinajstić information content (AvgIpc) is 3.08. The van der Waals surface area contributed by atoms with Crippen LogP contribution in [0.3, 0.4) is 0 Å². The van der Waals surface area contributed by atoms with Crippen molar-refractivity contribution in [3.8, 4) is 0 Å². The summed E-state index contributed by atoms with van der Waals surface area (Å²) in [5.41, 5.74) is 0. The highest BCUT2D eigenvalue weighted by molar-refractivity contribution is 5.76. The van der Waals surface area contributed by atoms with E-state index < -0.39 is 18.2 Å². The minimum atomic E-state index is -0.749. The zero-order valence-corrected chi connectivity index (χ0v) is 32.4. The highest BCUT2D eigenvalue weighted by Crippen LogP contribution is 2.16. The average molecular weight is 680 g/mol. The van der Waals surface area contributed by atoms with E-state index in [1.54, 1.807) is 0 Å². The van der Waals surface area contributed by atoms with Crippen molar-refractivity contribution in [2.75, 3.05) is 6.61 Å². The fourth-order valence-corrected chi connectivity index (χ4v) is 6.75. The number of nitrogens with one attached hydrogen (secondary N) is 1. The molecule has 0 bridgehead atoms. The van der Waals surface area contributed by atoms with Crippen molar-refractivity contribution < 1.29 is 20.1 Å². The van der Waals surface area contributed by atoms with E-state index in [1.165, 1.54) is 161 Å². The van der Waals surface area contributed by atoms with Gasteiger partial charge >= 0.3 is 0 Å². The van der Waals surface area contributed by atoms with Gasteiger partial charge in [-0.2, -0.15) is 0 Å². The lowest BCUT2D eigenvalue weighted by Crippen LogP contribution is -2.46. The van der Waals surface area contributed by atoms with Gasteiger partial charge in [-0.1, -0.05) is 199 Å².